The molecule has 0 aromatic rings. The molecule has 0 aromatic carbocycles. The first-order valence-corrected chi connectivity index (χ1v) is 9.12. The third kappa shape index (κ3) is 5.42. The summed E-state index contributed by atoms with van der Waals surface area (Å²) in [4.78, 5) is 23.6. The summed E-state index contributed by atoms with van der Waals surface area (Å²) in [7, 11) is 0. The molecule has 0 bridgehead atoms. The number of hydrogen-bond acceptors (Lipinski definition) is 4. The van der Waals surface area contributed by atoms with E-state index < -0.39 is 5.79 Å². The predicted molar refractivity (Wildman–Crippen MR) is 92.6 cm³/mol. The molecular formula is C19H38O4. The highest BCUT2D eigenvalue weighted by atomic mass is 17.3. The lowest BCUT2D eigenvalue weighted by atomic mass is 9.69. The molecule has 0 aromatic heterocycles. The lowest BCUT2D eigenvalue weighted by Crippen LogP contribution is -2.55. The van der Waals surface area contributed by atoms with Crippen LogP contribution in [-0.2, 0) is 19.6 Å². The zero-order chi connectivity index (χ0) is 17.9. The van der Waals surface area contributed by atoms with Crippen molar-refractivity contribution < 1.29 is 19.6 Å². The highest BCUT2D eigenvalue weighted by Crippen LogP contribution is 2.50. The molecule has 1 rings (SSSR count). The first-order chi connectivity index (χ1) is 10.4. The fourth-order valence-corrected chi connectivity index (χ4v) is 2.42. The Bertz CT molecular complexity index is 354. The Morgan fingerprint density at radius 3 is 1.74 bits per heavy atom. The monoisotopic (exact) mass is 330 g/mol. The molecule has 23 heavy (non-hydrogen) atoms. The molecule has 1 unspecified atom stereocenters. The SMILES string of the molecule is CCC(C)(C)OOC1(OOC(C)(C)CC)CC(C)CCC1(C)C. The van der Waals surface area contributed by atoms with Gasteiger partial charge in [-0.05, 0) is 59.3 Å². The molecule has 1 aliphatic carbocycles. The maximum atomic E-state index is 6.00. The van der Waals surface area contributed by atoms with Crippen LogP contribution in [0.25, 0.3) is 0 Å². The van der Waals surface area contributed by atoms with Crippen LogP contribution in [0.15, 0.2) is 0 Å². The maximum Gasteiger partial charge on any atom is 0.239 e. The summed E-state index contributed by atoms with van der Waals surface area (Å²) in [5, 5.41) is 0. The van der Waals surface area contributed by atoms with Crippen LogP contribution in [0.4, 0.5) is 0 Å². The average molecular weight is 331 g/mol. The molecule has 0 radical (unpaired) electrons. The molecule has 4 heteroatoms. The van der Waals surface area contributed by atoms with Crippen molar-refractivity contribution in [1.82, 2.24) is 0 Å². The highest BCUT2D eigenvalue weighted by Gasteiger charge is 2.55. The van der Waals surface area contributed by atoms with E-state index in [1.54, 1.807) is 0 Å². The van der Waals surface area contributed by atoms with Gasteiger partial charge in [0.2, 0.25) is 5.79 Å². The van der Waals surface area contributed by atoms with Crippen molar-refractivity contribution >= 4 is 0 Å². The Balaban J connectivity index is 2.98. The zero-order valence-corrected chi connectivity index (χ0v) is 16.7. The van der Waals surface area contributed by atoms with Gasteiger partial charge in [0.05, 0.1) is 11.2 Å². The average Bonchev–Trinajstić information content (AvgIpc) is 2.47. The Kier molecular flexibility index (Phi) is 6.70. The van der Waals surface area contributed by atoms with Crippen LogP contribution in [-0.4, -0.2) is 17.0 Å². The maximum absolute atomic E-state index is 6.00. The molecule has 1 atom stereocenters. The zero-order valence-electron chi connectivity index (χ0n) is 16.7. The standard InChI is InChI=1S/C19H38O4/c1-10-17(6,7)20-22-19(23-21-18(8,9)11-2)14-15(3)12-13-16(19,4)5/h15H,10-14H2,1-9H3. The normalized spacial score (nSPS) is 24.7. The van der Waals surface area contributed by atoms with E-state index in [-0.39, 0.29) is 16.6 Å². The van der Waals surface area contributed by atoms with Gasteiger partial charge < -0.3 is 0 Å². The van der Waals surface area contributed by atoms with Crippen LogP contribution >= 0.6 is 0 Å². The summed E-state index contributed by atoms with van der Waals surface area (Å²) in [6.07, 6.45) is 4.66. The summed E-state index contributed by atoms with van der Waals surface area (Å²) < 4.78 is 0. The first kappa shape index (κ1) is 20.9. The molecule has 0 amide bonds. The molecule has 4 nitrogen and oxygen atoms in total. The minimum atomic E-state index is -0.885. The van der Waals surface area contributed by atoms with Crippen LogP contribution in [0, 0.1) is 11.3 Å². The fourth-order valence-electron chi connectivity index (χ4n) is 2.42. The van der Waals surface area contributed by atoms with E-state index in [1.807, 2.05) is 27.7 Å². The molecule has 0 heterocycles. The Hall–Kier alpha value is -0.160. The number of hydrogen-bond donors (Lipinski definition) is 0. The molecular weight excluding hydrogens is 292 g/mol. The van der Waals surface area contributed by atoms with Gasteiger partial charge in [-0.1, -0.05) is 34.6 Å². The van der Waals surface area contributed by atoms with Crippen molar-refractivity contribution in [3.05, 3.63) is 0 Å². The van der Waals surface area contributed by atoms with E-state index in [1.165, 1.54) is 0 Å². The van der Waals surface area contributed by atoms with Crippen molar-refractivity contribution in [3.8, 4) is 0 Å². The second-order valence-electron chi connectivity index (χ2n) is 9.04. The summed E-state index contributed by atoms with van der Waals surface area (Å²) in [6.45, 7) is 18.8. The second kappa shape index (κ2) is 7.38. The van der Waals surface area contributed by atoms with Crippen LogP contribution in [0.3, 0.4) is 0 Å². The molecule has 138 valence electrons. The third-order valence-corrected chi connectivity index (χ3v) is 5.42. The van der Waals surface area contributed by atoms with Gasteiger partial charge in [-0.25, -0.2) is 9.78 Å². The summed E-state index contributed by atoms with van der Waals surface area (Å²) in [5.41, 5.74) is -0.895. The second-order valence-corrected chi connectivity index (χ2v) is 9.04. The minimum Gasteiger partial charge on any atom is -0.228 e. The topological polar surface area (TPSA) is 36.9 Å². The third-order valence-electron chi connectivity index (χ3n) is 5.42. The lowest BCUT2D eigenvalue weighted by Gasteiger charge is -2.49. The highest BCUT2D eigenvalue weighted by molar-refractivity contribution is 4.92. The smallest absolute Gasteiger partial charge is 0.228 e. The van der Waals surface area contributed by atoms with E-state index in [0.717, 1.165) is 32.1 Å². The van der Waals surface area contributed by atoms with Crippen molar-refractivity contribution in [3.63, 3.8) is 0 Å². The van der Waals surface area contributed by atoms with Crippen LogP contribution in [0.5, 0.6) is 0 Å². The molecule has 0 spiro atoms. The van der Waals surface area contributed by atoms with Crippen molar-refractivity contribution in [2.75, 3.05) is 0 Å². The molecule has 1 fully saturated rings. The molecule has 0 aliphatic heterocycles. The van der Waals surface area contributed by atoms with Gasteiger partial charge in [-0.2, -0.15) is 9.78 Å². The fraction of sp³-hybridized carbons (Fsp3) is 1.00. The van der Waals surface area contributed by atoms with Gasteiger partial charge in [-0.3, -0.25) is 0 Å². The van der Waals surface area contributed by atoms with Gasteiger partial charge >= 0.3 is 0 Å². The molecule has 1 aliphatic rings. The van der Waals surface area contributed by atoms with Gasteiger partial charge in [0, 0.05) is 11.8 Å². The largest absolute Gasteiger partial charge is 0.239 e. The first-order valence-electron chi connectivity index (χ1n) is 9.12. The van der Waals surface area contributed by atoms with Crippen molar-refractivity contribution in [2.24, 2.45) is 11.3 Å². The molecule has 1 saturated carbocycles. The van der Waals surface area contributed by atoms with Gasteiger partial charge in [0.15, 0.2) is 0 Å². The van der Waals surface area contributed by atoms with Crippen LogP contribution < -0.4 is 0 Å². The van der Waals surface area contributed by atoms with Gasteiger partial charge in [0.1, 0.15) is 0 Å². The Morgan fingerprint density at radius 2 is 1.35 bits per heavy atom. The summed E-state index contributed by atoms with van der Waals surface area (Å²) in [6, 6.07) is 0. The Labute approximate surface area is 143 Å². The summed E-state index contributed by atoms with van der Waals surface area (Å²) >= 11 is 0. The Morgan fingerprint density at radius 1 is 0.913 bits per heavy atom. The van der Waals surface area contributed by atoms with E-state index in [2.05, 4.69) is 34.6 Å². The predicted octanol–water partition coefficient (Wildman–Crippen LogP) is 5.80. The van der Waals surface area contributed by atoms with Crippen LogP contribution in [0.2, 0.25) is 0 Å². The quantitative estimate of drug-likeness (QED) is 0.320. The van der Waals surface area contributed by atoms with Crippen LogP contribution in [0.1, 0.15) is 94.4 Å². The molecule has 0 N–H and O–H groups in total. The molecule has 0 saturated heterocycles. The van der Waals surface area contributed by atoms with E-state index in [4.69, 9.17) is 19.6 Å². The lowest BCUT2D eigenvalue weighted by molar-refractivity contribution is -0.569. The summed E-state index contributed by atoms with van der Waals surface area (Å²) in [5.74, 6) is -0.381. The number of rotatable bonds is 8. The minimum absolute atomic E-state index is 0.187. The van der Waals surface area contributed by atoms with Gasteiger partial charge in [0.25, 0.3) is 0 Å². The van der Waals surface area contributed by atoms with Crippen molar-refractivity contribution in [2.45, 2.75) is 111 Å². The van der Waals surface area contributed by atoms with E-state index >= 15 is 0 Å². The van der Waals surface area contributed by atoms with Gasteiger partial charge in [-0.15, -0.1) is 0 Å². The van der Waals surface area contributed by atoms with E-state index in [0.29, 0.717) is 5.92 Å². The van der Waals surface area contributed by atoms with E-state index in [9.17, 15) is 0 Å². The van der Waals surface area contributed by atoms with Crippen molar-refractivity contribution in [1.29, 1.82) is 0 Å².